The number of hydrogen-bond donors (Lipinski definition) is 0. The average Bonchev–Trinajstić information content (AvgIpc) is 2.42. The Balaban J connectivity index is 2.11. The van der Waals surface area contributed by atoms with Crippen LogP contribution in [0.1, 0.15) is 22.8 Å². The minimum Gasteiger partial charge on any atom is -0.492 e. The molecular formula is C15H14BrNO2. The van der Waals surface area contributed by atoms with Gasteiger partial charge in [-0.15, -0.1) is 0 Å². The van der Waals surface area contributed by atoms with Crippen LogP contribution in [-0.4, -0.2) is 17.4 Å². The summed E-state index contributed by atoms with van der Waals surface area (Å²) in [6.45, 7) is 2.46. The Labute approximate surface area is 120 Å². The van der Waals surface area contributed by atoms with Crippen molar-refractivity contribution in [3.63, 3.8) is 0 Å². The molecule has 0 radical (unpaired) electrons. The standard InChI is InChI=1S/C15H14BrNO2/c1-2-19-14-8-12(9-17-10-14)15(18)7-11-3-5-13(16)6-4-11/h3-6,8-10H,2,7H2,1H3. The topological polar surface area (TPSA) is 39.2 Å². The van der Waals surface area contributed by atoms with E-state index in [-0.39, 0.29) is 5.78 Å². The van der Waals surface area contributed by atoms with Gasteiger partial charge < -0.3 is 4.74 Å². The summed E-state index contributed by atoms with van der Waals surface area (Å²) in [5.41, 5.74) is 1.56. The maximum Gasteiger partial charge on any atom is 0.168 e. The molecule has 1 aromatic heterocycles. The maximum atomic E-state index is 12.1. The molecule has 0 N–H and O–H groups in total. The van der Waals surface area contributed by atoms with Crippen molar-refractivity contribution in [1.29, 1.82) is 0 Å². The smallest absolute Gasteiger partial charge is 0.168 e. The molecule has 0 aliphatic carbocycles. The van der Waals surface area contributed by atoms with Gasteiger partial charge in [0, 0.05) is 22.7 Å². The van der Waals surface area contributed by atoms with Gasteiger partial charge in [0.2, 0.25) is 0 Å². The Bertz CT molecular complexity index is 567. The molecule has 2 aromatic rings. The number of ether oxygens (including phenoxy) is 1. The summed E-state index contributed by atoms with van der Waals surface area (Å²) in [7, 11) is 0. The van der Waals surface area contributed by atoms with Gasteiger partial charge in [0.05, 0.1) is 12.8 Å². The predicted octanol–water partition coefficient (Wildman–Crippen LogP) is 3.67. The molecule has 0 saturated carbocycles. The molecule has 4 heteroatoms. The second kappa shape index (κ2) is 6.48. The summed E-state index contributed by atoms with van der Waals surface area (Å²) in [5, 5.41) is 0. The van der Waals surface area contributed by atoms with Crippen LogP contribution >= 0.6 is 15.9 Å². The monoisotopic (exact) mass is 319 g/mol. The van der Waals surface area contributed by atoms with Crippen LogP contribution in [0.3, 0.4) is 0 Å². The van der Waals surface area contributed by atoms with Gasteiger partial charge in [0.1, 0.15) is 5.75 Å². The fraction of sp³-hybridized carbons (Fsp3) is 0.200. The Morgan fingerprint density at radius 2 is 2.00 bits per heavy atom. The molecule has 0 aliphatic heterocycles. The van der Waals surface area contributed by atoms with E-state index >= 15 is 0 Å². The summed E-state index contributed by atoms with van der Waals surface area (Å²) in [6, 6.07) is 9.45. The minimum atomic E-state index is 0.0383. The molecule has 2 rings (SSSR count). The number of aromatic nitrogens is 1. The fourth-order valence-corrected chi connectivity index (χ4v) is 1.97. The van der Waals surface area contributed by atoms with E-state index in [0.717, 1.165) is 10.0 Å². The van der Waals surface area contributed by atoms with E-state index in [9.17, 15) is 4.79 Å². The van der Waals surface area contributed by atoms with Crippen LogP contribution in [0, 0.1) is 0 Å². The highest BCUT2D eigenvalue weighted by atomic mass is 79.9. The van der Waals surface area contributed by atoms with E-state index in [0.29, 0.717) is 24.3 Å². The van der Waals surface area contributed by atoms with Gasteiger partial charge in [-0.1, -0.05) is 28.1 Å². The highest BCUT2D eigenvalue weighted by molar-refractivity contribution is 9.10. The molecule has 1 heterocycles. The molecule has 0 amide bonds. The first-order valence-electron chi connectivity index (χ1n) is 6.04. The van der Waals surface area contributed by atoms with Crippen molar-refractivity contribution in [2.45, 2.75) is 13.3 Å². The van der Waals surface area contributed by atoms with Gasteiger partial charge >= 0.3 is 0 Å². The van der Waals surface area contributed by atoms with Crippen LogP contribution in [0.2, 0.25) is 0 Å². The first-order valence-corrected chi connectivity index (χ1v) is 6.84. The number of carbonyl (C=O) groups is 1. The zero-order chi connectivity index (χ0) is 13.7. The normalized spacial score (nSPS) is 10.2. The zero-order valence-corrected chi connectivity index (χ0v) is 12.2. The first kappa shape index (κ1) is 13.7. The molecule has 0 bridgehead atoms. The number of benzene rings is 1. The van der Waals surface area contributed by atoms with E-state index in [4.69, 9.17) is 4.74 Å². The molecule has 0 aliphatic rings. The molecule has 1 aromatic carbocycles. The highest BCUT2D eigenvalue weighted by Crippen LogP contribution is 2.15. The fourth-order valence-electron chi connectivity index (χ4n) is 1.71. The SMILES string of the molecule is CCOc1cncc(C(=O)Cc2ccc(Br)cc2)c1. The molecule has 0 saturated heterocycles. The highest BCUT2D eigenvalue weighted by Gasteiger charge is 2.08. The van der Waals surface area contributed by atoms with Crippen molar-refractivity contribution >= 4 is 21.7 Å². The van der Waals surface area contributed by atoms with Crippen molar-refractivity contribution in [2.24, 2.45) is 0 Å². The van der Waals surface area contributed by atoms with Crippen molar-refractivity contribution in [3.8, 4) is 5.75 Å². The van der Waals surface area contributed by atoms with Gasteiger partial charge in [0.25, 0.3) is 0 Å². The quantitative estimate of drug-likeness (QED) is 0.789. The number of pyridine rings is 1. The van der Waals surface area contributed by atoms with Crippen LogP contribution in [-0.2, 0) is 6.42 Å². The van der Waals surface area contributed by atoms with E-state index in [2.05, 4.69) is 20.9 Å². The second-order valence-electron chi connectivity index (χ2n) is 4.07. The van der Waals surface area contributed by atoms with E-state index in [1.807, 2.05) is 31.2 Å². The van der Waals surface area contributed by atoms with Gasteiger partial charge in [-0.2, -0.15) is 0 Å². The van der Waals surface area contributed by atoms with E-state index in [1.165, 1.54) is 0 Å². The molecule has 0 fully saturated rings. The Morgan fingerprint density at radius 1 is 1.26 bits per heavy atom. The number of nitrogens with zero attached hydrogens (tertiary/aromatic N) is 1. The van der Waals surface area contributed by atoms with Gasteiger partial charge in [-0.05, 0) is 30.7 Å². The van der Waals surface area contributed by atoms with Crippen molar-refractivity contribution in [1.82, 2.24) is 4.98 Å². The summed E-state index contributed by atoms with van der Waals surface area (Å²) in [4.78, 5) is 16.2. The van der Waals surface area contributed by atoms with Crippen molar-refractivity contribution in [2.75, 3.05) is 6.61 Å². The lowest BCUT2D eigenvalue weighted by Gasteiger charge is -2.05. The second-order valence-corrected chi connectivity index (χ2v) is 4.98. The minimum absolute atomic E-state index is 0.0383. The van der Waals surface area contributed by atoms with E-state index < -0.39 is 0 Å². The molecular weight excluding hydrogens is 306 g/mol. The predicted molar refractivity (Wildman–Crippen MR) is 77.6 cm³/mol. The lowest BCUT2D eigenvalue weighted by Crippen LogP contribution is -2.05. The summed E-state index contributed by atoms with van der Waals surface area (Å²) in [6.07, 6.45) is 3.55. The Kier molecular flexibility index (Phi) is 4.68. The zero-order valence-electron chi connectivity index (χ0n) is 10.6. The maximum absolute atomic E-state index is 12.1. The molecule has 3 nitrogen and oxygen atoms in total. The van der Waals surface area contributed by atoms with Crippen molar-refractivity contribution in [3.05, 3.63) is 58.3 Å². The number of ketones is 1. The first-order chi connectivity index (χ1) is 9.19. The van der Waals surface area contributed by atoms with Gasteiger partial charge in [-0.25, -0.2) is 0 Å². The van der Waals surface area contributed by atoms with Crippen LogP contribution in [0.5, 0.6) is 5.75 Å². The molecule has 0 spiro atoms. The molecule has 98 valence electrons. The van der Waals surface area contributed by atoms with Gasteiger partial charge in [0.15, 0.2) is 5.78 Å². The van der Waals surface area contributed by atoms with Crippen LogP contribution < -0.4 is 4.74 Å². The number of rotatable bonds is 5. The summed E-state index contributed by atoms with van der Waals surface area (Å²) < 4.78 is 6.35. The lowest BCUT2D eigenvalue weighted by molar-refractivity contribution is 0.0992. The molecule has 0 atom stereocenters. The van der Waals surface area contributed by atoms with Gasteiger partial charge in [-0.3, -0.25) is 9.78 Å². The van der Waals surface area contributed by atoms with Crippen LogP contribution in [0.4, 0.5) is 0 Å². The number of hydrogen-bond acceptors (Lipinski definition) is 3. The van der Waals surface area contributed by atoms with Crippen molar-refractivity contribution < 1.29 is 9.53 Å². The number of Topliss-reactive ketones (excluding diaryl/α,β-unsaturated/α-hetero) is 1. The van der Waals surface area contributed by atoms with E-state index in [1.54, 1.807) is 18.5 Å². The summed E-state index contributed by atoms with van der Waals surface area (Å²) >= 11 is 3.37. The third-order valence-corrected chi connectivity index (χ3v) is 3.15. The Morgan fingerprint density at radius 3 is 2.68 bits per heavy atom. The lowest BCUT2D eigenvalue weighted by atomic mass is 10.0. The van der Waals surface area contributed by atoms with Crippen LogP contribution in [0.15, 0.2) is 47.2 Å². The number of halogens is 1. The largest absolute Gasteiger partial charge is 0.492 e. The van der Waals surface area contributed by atoms with Crippen LogP contribution in [0.25, 0.3) is 0 Å². The Hall–Kier alpha value is -1.68. The molecule has 0 unspecified atom stereocenters. The number of carbonyl (C=O) groups excluding carboxylic acids is 1. The molecule has 19 heavy (non-hydrogen) atoms. The average molecular weight is 320 g/mol. The third-order valence-electron chi connectivity index (χ3n) is 2.62. The summed E-state index contributed by atoms with van der Waals surface area (Å²) in [5.74, 6) is 0.667. The third kappa shape index (κ3) is 3.89.